The fourth-order valence-corrected chi connectivity index (χ4v) is 2.04. The summed E-state index contributed by atoms with van der Waals surface area (Å²) < 4.78 is 4.87. The third kappa shape index (κ3) is 3.86. The highest BCUT2D eigenvalue weighted by Gasteiger charge is 2.23. The lowest BCUT2D eigenvalue weighted by molar-refractivity contribution is -0.146. The molecule has 0 radical (unpaired) electrons. The maximum Gasteiger partial charge on any atom is 0.309 e. The molecule has 0 aliphatic heterocycles. The van der Waals surface area contributed by atoms with Crippen LogP contribution in [0.5, 0.6) is 0 Å². The van der Waals surface area contributed by atoms with Crippen LogP contribution in [0.4, 0.5) is 0 Å². The fourth-order valence-electron chi connectivity index (χ4n) is 2.04. The highest BCUT2D eigenvalue weighted by Crippen LogP contribution is 2.21. The van der Waals surface area contributed by atoms with Crippen LogP contribution in [0.25, 0.3) is 0 Å². The molecule has 0 saturated heterocycles. The first-order chi connectivity index (χ1) is 8.45. The van der Waals surface area contributed by atoms with Crippen molar-refractivity contribution >= 4 is 5.97 Å². The molecule has 0 heterocycles. The lowest BCUT2D eigenvalue weighted by Gasteiger charge is -2.18. The maximum atomic E-state index is 11.7. The monoisotopic (exact) mass is 248 g/mol. The van der Waals surface area contributed by atoms with Crippen molar-refractivity contribution < 1.29 is 9.53 Å². The summed E-state index contributed by atoms with van der Waals surface area (Å²) in [6, 6.07) is 8.53. The number of rotatable bonds is 5. The predicted octanol–water partition coefficient (Wildman–Crippen LogP) is 3.80. The van der Waals surface area contributed by atoms with E-state index in [1.807, 2.05) is 0 Å². The summed E-state index contributed by atoms with van der Waals surface area (Å²) in [7, 11) is 1.46. The van der Waals surface area contributed by atoms with E-state index >= 15 is 0 Å². The van der Waals surface area contributed by atoms with Crippen molar-refractivity contribution in [3.05, 3.63) is 35.4 Å². The zero-order valence-corrected chi connectivity index (χ0v) is 12.1. The topological polar surface area (TPSA) is 26.3 Å². The molecule has 1 rings (SSSR count). The van der Waals surface area contributed by atoms with E-state index in [0.717, 1.165) is 6.42 Å². The van der Waals surface area contributed by atoms with Crippen LogP contribution in [-0.4, -0.2) is 13.1 Å². The summed E-state index contributed by atoms with van der Waals surface area (Å²) in [5, 5.41) is 0. The van der Waals surface area contributed by atoms with Gasteiger partial charge in [0, 0.05) is 0 Å². The molecule has 0 bridgehead atoms. The average Bonchev–Trinajstić information content (AvgIpc) is 2.35. The van der Waals surface area contributed by atoms with Crippen molar-refractivity contribution in [3.8, 4) is 0 Å². The van der Waals surface area contributed by atoms with Gasteiger partial charge in [0.25, 0.3) is 0 Å². The van der Waals surface area contributed by atoms with E-state index in [-0.39, 0.29) is 11.9 Å². The normalized spacial score (nSPS) is 12.8. The Kier molecular flexibility index (Phi) is 5.39. The lowest BCUT2D eigenvalue weighted by atomic mass is 9.88. The third-order valence-corrected chi connectivity index (χ3v) is 3.41. The highest BCUT2D eigenvalue weighted by atomic mass is 16.5. The Balaban J connectivity index is 2.78. The molecule has 0 N–H and O–H groups in total. The molecule has 2 heteroatoms. The fraction of sp³-hybridized carbons (Fsp3) is 0.562. The molecule has 100 valence electrons. The molecule has 0 aliphatic carbocycles. The molecule has 1 aromatic carbocycles. The lowest BCUT2D eigenvalue weighted by Crippen LogP contribution is -2.23. The summed E-state index contributed by atoms with van der Waals surface area (Å²) in [5.41, 5.74) is 2.53. The second-order valence-corrected chi connectivity index (χ2v) is 5.47. The van der Waals surface area contributed by atoms with Gasteiger partial charge in [0.05, 0.1) is 13.0 Å². The van der Waals surface area contributed by atoms with Gasteiger partial charge in [-0.2, -0.15) is 0 Å². The Morgan fingerprint density at radius 1 is 1.11 bits per heavy atom. The Morgan fingerprint density at radius 3 is 2.06 bits per heavy atom. The number of hydrogen-bond acceptors (Lipinski definition) is 2. The molecule has 0 saturated carbocycles. The molecule has 18 heavy (non-hydrogen) atoms. The zero-order valence-electron chi connectivity index (χ0n) is 12.1. The molecular weight excluding hydrogens is 224 g/mol. The van der Waals surface area contributed by atoms with Crippen LogP contribution in [0.15, 0.2) is 24.3 Å². The largest absolute Gasteiger partial charge is 0.469 e. The van der Waals surface area contributed by atoms with Gasteiger partial charge in [-0.3, -0.25) is 4.79 Å². The van der Waals surface area contributed by atoms with Crippen molar-refractivity contribution in [2.24, 2.45) is 11.8 Å². The minimum atomic E-state index is -0.113. The van der Waals surface area contributed by atoms with Crippen LogP contribution in [-0.2, 0) is 16.0 Å². The molecule has 2 nitrogen and oxygen atoms in total. The highest BCUT2D eigenvalue weighted by molar-refractivity contribution is 5.72. The van der Waals surface area contributed by atoms with Gasteiger partial charge in [0.1, 0.15) is 0 Å². The third-order valence-electron chi connectivity index (χ3n) is 3.41. The minimum Gasteiger partial charge on any atom is -0.469 e. The quantitative estimate of drug-likeness (QED) is 0.741. The van der Waals surface area contributed by atoms with Crippen molar-refractivity contribution in [2.75, 3.05) is 7.11 Å². The molecule has 0 spiro atoms. The number of esters is 1. The number of methoxy groups -OCH3 is 1. The van der Waals surface area contributed by atoms with Crippen LogP contribution < -0.4 is 0 Å². The number of carbonyl (C=O) groups is 1. The van der Waals surface area contributed by atoms with E-state index in [1.54, 1.807) is 0 Å². The average molecular weight is 248 g/mol. The number of benzene rings is 1. The first-order valence-electron chi connectivity index (χ1n) is 6.62. The zero-order chi connectivity index (χ0) is 13.7. The number of carbonyl (C=O) groups excluding carboxylic acids is 1. The first-order valence-corrected chi connectivity index (χ1v) is 6.62. The van der Waals surface area contributed by atoms with E-state index in [2.05, 4.69) is 52.0 Å². The molecule has 0 aromatic heterocycles. The van der Waals surface area contributed by atoms with E-state index < -0.39 is 0 Å². The second kappa shape index (κ2) is 6.58. The number of hydrogen-bond donors (Lipinski definition) is 0. The summed E-state index contributed by atoms with van der Waals surface area (Å²) in [6.45, 7) is 8.48. The van der Waals surface area contributed by atoms with Gasteiger partial charge < -0.3 is 4.74 Å². The Morgan fingerprint density at radius 2 is 1.67 bits per heavy atom. The Hall–Kier alpha value is -1.31. The Bertz CT molecular complexity index is 377. The molecular formula is C16H24O2. The van der Waals surface area contributed by atoms with Crippen molar-refractivity contribution in [1.29, 1.82) is 0 Å². The molecule has 1 aromatic rings. The summed E-state index contributed by atoms with van der Waals surface area (Å²) >= 11 is 0. The van der Waals surface area contributed by atoms with Crippen LogP contribution in [0, 0.1) is 11.8 Å². The minimum absolute atomic E-state index is 0.0556. The predicted molar refractivity (Wildman–Crippen MR) is 74.6 cm³/mol. The summed E-state index contributed by atoms with van der Waals surface area (Å²) in [6.07, 6.45) is 0.753. The standard InChI is InChI=1S/C16H24O2/c1-11(2)14-8-6-13(7-9-14)10-15(12(3)4)16(17)18-5/h6-9,11-12,15H,10H2,1-5H3. The SMILES string of the molecule is COC(=O)C(Cc1ccc(C(C)C)cc1)C(C)C. The molecule has 1 atom stereocenters. The van der Waals surface area contributed by atoms with Crippen molar-refractivity contribution in [3.63, 3.8) is 0 Å². The van der Waals surface area contributed by atoms with Gasteiger partial charge >= 0.3 is 5.97 Å². The van der Waals surface area contributed by atoms with Crippen molar-refractivity contribution in [2.45, 2.75) is 40.0 Å². The van der Waals surface area contributed by atoms with Crippen LogP contribution in [0.1, 0.15) is 44.7 Å². The van der Waals surface area contributed by atoms with E-state index in [0.29, 0.717) is 11.8 Å². The summed E-state index contributed by atoms with van der Waals surface area (Å²) in [4.78, 5) is 11.7. The van der Waals surface area contributed by atoms with Gasteiger partial charge in [0.15, 0.2) is 0 Å². The smallest absolute Gasteiger partial charge is 0.309 e. The second-order valence-electron chi connectivity index (χ2n) is 5.47. The van der Waals surface area contributed by atoms with E-state index in [9.17, 15) is 4.79 Å². The van der Waals surface area contributed by atoms with Gasteiger partial charge in [-0.15, -0.1) is 0 Å². The van der Waals surface area contributed by atoms with Crippen molar-refractivity contribution in [1.82, 2.24) is 0 Å². The van der Waals surface area contributed by atoms with E-state index in [4.69, 9.17) is 4.74 Å². The molecule has 0 aliphatic rings. The number of ether oxygens (including phenoxy) is 1. The van der Waals surface area contributed by atoms with Gasteiger partial charge in [-0.25, -0.2) is 0 Å². The Labute approximate surface area is 110 Å². The molecule has 0 fully saturated rings. The van der Waals surface area contributed by atoms with Gasteiger partial charge in [0.2, 0.25) is 0 Å². The van der Waals surface area contributed by atoms with E-state index in [1.165, 1.54) is 18.2 Å². The van der Waals surface area contributed by atoms with Crippen LogP contribution in [0.3, 0.4) is 0 Å². The van der Waals surface area contributed by atoms with Crippen LogP contribution in [0.2, 0.25) is 0 Å². The van der Waals surface area contributed by atoms with Gasteiger partial charge in [-0.1, -0.05) is 52.0 Å². The first kappa shape index (κ1) is 14.7. The summed E-state index contributed by atoms with van der Waals surface area (Å²) in [5.74, 6) is 0.667. The molecule has 0 amide bonds. The molecule has 1 unspecified atom stereocenters. The van der Waals surface area contributed by atoms with Crippen LogP contribution >= 0.6 is 0 Å². The van der Waals surface area contributed by atoms with Gasteiger partial charge in [-0.05, 0) is 29.4 Å². The maximum absolute atomic E-state index is 11.7.